The van der Waals surface area contributed by atoms with E-state index in [1.165, 1.54) is 6.07 Å². The summed E-state index contributed by atoms with van der Waals surface area (Å²) in [5.41, 5.74) is 0.646. The molecule has 0 saturated heterocycles. The molecule has 0 aliphatic carbocycles. The Kier molecular flexibility index (Phi) is 5.77. The Bertz CT molecular complexity index is 318. The van der Waals surface area contributed by atoms with E-state index in [1.54, 1.807) is 12.1 Å². The Morgan fingerprint density at radius 3 is 2.62 bits per heavy atom. The van der Waals surface area contributed by atoms with Crippen LogP contribution in [0.15, 0.2) is 18.2 Å². The lowest BCUT2D eigenvalue weighted by molar-refractivity contribution is 0.552. The normalized spacial score (nSPS) is 13.1. The summed E-state index contributed by atoms with van der Waals surface area (Å²) in [6, 6.07) is 4.85. The molecule has 0 radical (unpaired) electrons. The van der Waals surface area contributed by atoms with Crippen molar-refractivity contribution in [2.75, 3.05) is 0 Å². The first-order chi connectivity index (χ1) is 7.52. The lowest BCUT2D eigenvalue weighted by Crippen LogP contribution is -2.07. The summed E-state index contributed by atoms with van der Waals surface area (Å²) in [6.07, 6.45) is 2.71. The first-order valence-corrected chi connectivity index (χ1v) is 6.88. The van der Waals surface area contributed by atoms with E-state index in [-0.39, 0.29) is 5.82 Å². The van der Waals surface area contributed by atoms with Crippen LogP contribution < -0.4 is 0 Å². The topological polar surface area (TPSA) is 0 Å². The number of rotatable bonds is 5. The number of hydrogen-bond acceptors (Lipinski definition) is 0. The molecule has 1 aromatic rings. The maximum Gasteiger partial charge on any atom is 0.127 e. The van der Waals surface area contributed by atoms with Gasteiger partial charge < -0.3 is 0 Å². The predicted molar refractivity (Wildman–Crippen MR) is 71.9 cm³/mol. The van der Waals surface area contributed by atoms with E-state index in [4.69, 9.17) is 11.6 Å². The van der Waals surface area contributed by atoms with Crippen molar-refractivity contribution in [2.45, 2.75) is 37.9 Å². The molecule has 0 aliphatic rings. The molecule has 0 aromatic heterocycles. The van der Waals surface area contributed by atoms with Crippen LogP contribution in [0, 0.1) is 11.7 Å². The van der Waals surface area contributed by atoms with Crippen molar-refractivity contribution in [3.63, 3.8) is 0 Å². The number of halogens is 3. The molecular weight excluding hydrogens is 290 g/mol. The second kappa shape index (κ2) is 6.61. The van der Waals surface area contributed by atoms with Crippen LogP contribution in [0.2, 0.25) is 5.02 Å². The van der Waals surface area contributed by atoms with Crippen molar-refractivity contribution in [2.24, 2.45) is 5.92 Å². The summed E-state index contributed by atoms with van der Waals surface area (Å²) in [5, 5.41) is 0.538. The molecule has 1 unspecified atom stereocenters. The Hall–Kier alpha value is -0.0800. The van der Waals surface area contributed by atoms with Gasteiger partial charge in [0.1, 0.15) is 5.82 Å². The fourth-order valence-corrected chi connectivity index (χ4v) is 2.16. The van der Waals surface area contributed by atoms with Crippen LogP contribution in [-0.4, -0.2) is 4.83 Å². The molecule has 0 fully saturated rings. The summed E-state index contributed by atoms with van der Waals surface area (Å²) >= 11 is 9.58. The molecule has 0 N–H and O–H groups in total. The average molecular weight is 308 g/mol. The van der Waals surface area contributed by atoms with E-state index < -0.39 is 0 Å². The second-order valence-corrected chi connectivity index (χ2v) is 5.94. The standard InChI is InChI=1S/C13H17BrClF/c1-9(2)11(14)6-3-5-10-12(15)7-4-8-13(10)16/h4,7-9,11H,3,5-6H2,1-2H3. The summed E-state index contributed by atoms with van der Waals surface area (Å²) in [6.45, 7) is 4.35. The molecule has 0 spiro atoms. The monoisotopic (exact) mass is 306 g/mol. The Balaban J connectivity index is 2.49. The molecule has 0 amide bonds. The first kappa shape index (κ1) is 14.0. The zero-order valence-electron chi connectivity index (χ0n) is 9.64. The lowest BCUT2D eigenvalue weighted by Gasteiger charge is -2.13. The van der Waals surface area contributed by atoms with Gasteiger partial charge in [-0.1, -0.05) is 47.4 Å². The second-order valence-electron chi connectivity index (χ2n) is 4.35. The van der Waals surface area contributed by atoms with E-state index in [9.17, 15) is 4.39 Å². The fraction of sp³-hybridized carbons (Fsp3) is 0.538. The Morgan fingerprint density at radius 1 is 1.38 bits per heavy atom. The van der Waals surface area contributed by atoms with Crippen LogP contribution in [0.5, 0.6) is 0 Å². The Labute approximate surface area is 110 Å². The highest BCUT2D eigenvalue weighted by Crippen LogP contribution is 2.23. The van der Waals surface area contributed by atoms with Crippen molar-refractivity contribution in [1.29, 1.82) is 0 Å². The number of hydrogen-bond donors (Lipinski definition) is 0. The third kappa shape index (κ3) is 4.06. The van der Waals surface area contributed by atoms with Gasteiger partial charge in [-0.15, -0.1) is 0 Å². The van der Waals surface area contributed by atoms with Gasteiger partial charge in [0.2, 0.25) is 0 Å². The van der Waals surface area contributed by atoms with Crippen molar-refractivity contribution in [3.8, 4) is 0 Å². The van der Waals surface area contributed by atoms with Gasteiger partial charge in [0.05, 0.1) is 0 Å². The maximum atomic E-state index is 13.4. The first-order valence-electron chi connectivity index (χ1n) is 5.59. The van der Waals surface area contributed by atoms with Crippen molar-refractivity contribution in [1.82, 2.24) is 0 Å². The van der Waals surface area contributed by atoms with Gasteiger partial charge in [0.25, 0.3) is 0 Å². The largest absolute Gasteiger partial charge is 0.207 e. The van der Waals surface area contributed by atoms with Crippen LogP contribution in [0.3, 0.4) is 0 Å². The van der Waals surface area contributed by atoms with Gasteiger partial charge in [-0.2, -0.15) is 0 Å². The zero-order chi connectivity index (χ0) is 12.1. The van der Waals surface area contributed by atoms with Gasteiger partial charge in [0.15, 0.2) is 0 Å². The lowest BCUT2D eigenvalue weighted by atomic mass is 10.0. The van der Waals surface area contributed by atoms with Crippen LogP contribution >= 0.6 is 27.5 Å². The molecule has 3 heteroatoms. The van der Waals surface area contributed by atoms with Gasteiger partial charge in [-0.3, -0.25) is 0 Å². The van der Waals surface area contributed by atoms with Crippen LogP contribution in [-0.2, 0) is 6.42 Å². The minimum Gasteiger partial charge on any atom is -0.207 e. The molecule has 0 saturated carbocycles. The summed E-state index contributed by atoms with van der Waals surface area (Å²) in [7, 11) is 0. The van der Waals surface area contributed by atoms with Crippen LogP contribution in [0.4, 0.5) is 4.39 Å². The van der Waals surface area contributed by atoms with Crippen molar-refractivity contribution >= 4 is 27.5 Å². The van der Waals surface area contributed by atoms with E-state index in [2.05, 4.69) is 29.8 Å². The highest BCUT2D eigenvalue weighted by Gasteiger charge is 2.11. The number of benzene rings is 1. The molecule has 16 heavy (non-hydrogen) atoms. The van der Waals surface area contributed by atoms with E-state index >= 15 is 0 Å². The molecule has 1 rings (SSSR count). The smallest absolute Gasteiger partial charge is 0.127 e. The van der Waals surface area contributed by atoms with E-state index in [0.717, 1.165) is 12.8 Å². The van der Waals surface area contributed by atoms with Crippen molar-refractivity contribution in [3.05, 3.63) is 34.6 Å². The third-order valence-electron chi connectivity index (χ3n) is 2.69. The predicted octanol–water partition coefficient (Wildman–Crippen LogP) is 5.22. The molecule has 0 bridgehead atoms. The summed E-state index contributed by atoms with van der Waals surface area (Å²) in [4.78, 5) is 0.498. The maximum absolute atomic E-state index is 13.4. The Morgan fingerprint density at radius 2 is 2.06 bits per heavy atom. The van der Waals surface area contributed by atoms with E-state index in [0.29, 0.717) is 27.8 Å². The zero-order valence-corrected chi connectivity index (χ0v) is 12.0. The van der Waals surface area contributed by atoms with Gasteiger partial charge in [-0.05, 0) is 37.3 Å². The molecule has 90 valence electrons. The van der Waals surface area contributed by atoms with Gasteiger partial charge in [-0.25, -0.2) is 4.39 Å². The van der Waals surface area contributed by atoms with Crippen LogP contribution in [0.1, 0.15) is 32.3 Å². The highest BCUT2D eigenvalue weighted by molar-refractivity contribution is 9.09. The number of alkyl halides is 1. The molecule has 0 heterocycles. The average Bonchev–Trinajstić information content (AvgIpc) is 2.22. The fourth-order valence-electron chi connectivity index (χ4n) is 1.58. The molecular formula is C13H17BrClF. The highest BCUT2D eigenvalue weighted by atomic mass is 79.9. The van der Waals surface area contributed by atoms with Crippen LogP contribution in [0.25, 0.3) is 0 Å². The van der Waals surface area contributed by atoms with Gasteiger partial charge in [0, 0.05) is 15.4 Å². The quantitative estimate of drug-likeness (QED) is 0.654. The molecule has 1 aromatic carbocycles. The van der Waals surface area contributed by atoms with E-state index in [1.807, 2.05) is 0 Å². The summed E-state index contributed by atoms with van der Waals surface area (Å²) < 4.78 is 13.4. The third-order valence-corrected chi connectivity index (χ3v) is 4.56. The minimum absolute atomic E-state index is 0.192. The molecule has 1 atom stereocenters. The van der Waals surface area contributed by atoms with Crippen molar-refractivity contribution < 1.29 is 4.39 Å². The minimum atomic E-state index is -0.192. The SMILES string of the molecule is CC(C)C(Br)CCCc1c(F)cccc1Cl. The molecule has 0 aliphatic heterocycles. The van der Waals surface area contributed by atoms with Gasteiger partial charge >= 0.3 is 0 Å². The molecule has 0 nitrogen and oxygen atoms in total. The summed E-state index contributed by atoms with van der Waals surface area (Å²) in [5.74, 6) is 0.416.